The number of carbonyl (C=O) groups excluding carboxylic acids is 2. The van der Waals surface area contributed by atoms with E-state index in [1.165, 1.54) is 0 Å². The van der Waals surface area contributed by atoms with E-state index in [-0.39, 0.29) is 24.5 Å². The van der Waals surface area contributed by atoms with Crippen LogP contribution in [-0.4, -0.2) is 68.5 Å². The van der Waals surface area contributed by atoms with Gasteiger partial charge in [-0.1, -0.05) is 17.7 Å². The summed E-state index contributed by atoms with van der Waals surface area (Å²) < 4.78 is 5.69. The van der Waals surface area contributed by atoms with Crippen molar-refractivity contribution in [2.45, 2.75) is 25.8 Å². The molecule has 1 fully saturated rings. The van der Waals surface area contributed by atoms with Crippen molar-refractivity contribution in [3.63, 3.8) is 0 Å². The maximum atomic E-state index is 12.6. The van der Waals surface area contributed by atoms with E-state index < -0.39 is 0 Å². The summed E-state index contributed by atoms with van der Waals surface area (Å²) in [6.45, 7) is 4.03. The van der Waals surface area contributed by atoms with Gasteiger partial charge in [0.25, 0.3) is 11.8 Å². The minimum absolute atomic E-state index is 0.0136. The third-order valence-electron chi connectivity index (χ3n) is 5.82. The summed E-state index contributed by atoms with van der Waals surface area (Å²) in [7, 11) is 5.71. The van der Waals surface area contributed by atoms with Gasteiger partial charge in [-0.25, -0.2) is 0 Å². The molecule has 2 aromatic rings. The summed E-state index contributed by atoms with van der Waals surface area (Å²) in [5, 5.41) is 0. The van der Waals surface area contributed by atoms with Crippen molar-refractivity contribution < 1.29 is 14.3 Å². The molecule has 0 saturated carbocycles. The number of carbonyl (C=O) groups is 2. The van der Waals surface area contributed by atoms with Gasteiger partial charge in [0.2, 0.25) is 0 Å². The molecule has 30 heavy (non-hydrogen) atoms. The number of rotatable bonds is 6. The Morgan fingerprint density at radius 1 is 1.00 bits per heavy atom. The lowest BCUT2D eigenvalue weighted by Gasteiger charge is -2.35. The highest BCUT2D eigenvalue weighted by atomic mass is 16.5. The van der Waals surface area contributed by atoms with Crippen LogP contribution in [0.2, 0.25) is 0 Å². The molecule has 0 aliphatic carbocycles. The molecule has 1 aliphatic heterocycles. The third kappa shape index (κ3) is 5.39. The zero-order chi connectivity index (χ0) is 21.7. The summed E-state index contributed by atoms with van der Waals surface area (Å²) in [6.07, 6.45) is 1.99. The van der Waals surface area contributed by atoms with Crippen molar-refractivity contribution in [1.29, 1.82) is 0 Å². The van der Waals surface area contributed by atoms with E-state index in [0.29, 0.717) is 11.3 Å². The van der Waals surface area contributed by atoms with E-state index in [0.717, 1.165) is 37.2 Å². The van der Waals surface area contributed by atoms with Crippen molar-refractivity contribution in [2.24, 2.45) is 0 Å². The van der Waals surface area contributed by atoms with Gasteiger partial charge in [0.05, 0.1) is 0 Å². The fourth-order valence-electron chi connectivity index (χ4n) is 3.61. The Morgan fingerprint density at radius 3 is 2.20 bits per heavy atom. The standard InChI is InChI=1S/C24H31N3O3/c1-18-5-7-19(8-6-18)24(29)27(4)20-9-11-22(12-10-20)30-17-23(28)26(3)21-13-15-25(2)16-14-21/h5-12,21H,13-17H2,1-4H3. The second kappa shape index (κ2) is 9.76. The number of hydrogen-bond acceptors (Lipinski definition) is 4. The Bertz CT molecular complexity index is 856. The highest BCUT2D eigenvalue weighted by molar-refractivity contribution is 6.05. The fraction of sp³-hybridized carbons (Fsp3) is 0.417. The molecule has 0 aromatic heterocycles. The minimum Gasteiger partial charge on any atom is -0.484 e. The van der Waals surface area contributed by atoms with E-state index >= 15 is 0 Å². The Balaban J connectivity index is 1.53. The Hall–Kier alpha value is -2.86. The van der Waals surface area contributed by atoms with Crippen molar-refractivity contribution in [3.8, 4) is 5.75 Å². The van der Waals surface area contributed by atoms with Crippen LogP contribution in [0, 0.1) is 6.92 Å². The van der Waals surface area contributed by atoms with Gasteiger partial charge in [0.15, 0.2) is 6.61 Å². The van der Waals surface area contributed by atoms with Crippen molar-refractivity contribution in [3.05, 3.63) is 59.7 Å². The Morgan fingerprint density at radius 2 is 1.60 bits per heavy atom. The molecule has 0 bridgehead atoms. The number of amides is 2. The molecule has 160 valence electrons. The lowest BCUT2D eigenvalue weighted by atomic mass is 10.0. The molecule has 3 rings (SSSR count). The first kappa shape index (κ1) is 21.8. The van der Waals surface area contributed by atoms with E-state index in [2.05, 4.69) is 11.9 Å². The first-order valence-electron chi connectivity index (χ1n) is 10.4. The van der Waals surface area contributed by atoms with E-state index in [4.69, 9.17) is 4.74 Å². The number of benzene rings is 2. The van der Waals surface area contributed by atoms with Gasteiger partial charge in [-0.2, -0.15) is 0 Å². The average molecular weight is 410 g/mol. The lowest BCUT2D eigenvalue weighted by molar-refractivity contribution is -0.135. The number of nitrogens with zero attached hydrogens (tertiary/aromatic N) is 3. The zero-order valence-corrected chi connectivity index (χ0v) is 18.3. The topological polar surface area (TPSA) is 53.1 Å². The predicted octanol–water partition coefficient (Wildman–Crippen LogP) is 3.20. The van der Waals surface area contributed by atoms with Crippen LogP contribution >= 0.6 is 0 Å². The third-order valence-corrected chi connectivity index (χ3v) is 5.82. The van der Waals surface area contributed by atoms with E-state index in [1.54, 1.807) is 24.1 Å². The number of hydrogen-bond donors (Lipinski definition) is 0. The normalized spacial score (nSPS) is 14.9. The fourth-order valence-corrected chi connectivity index (χ4v) is 3.61. The molecule has 0 unspecified atom stereocenters. The summed E-state index contributed by atoms with van der Waals surface area (Å²) in [6, 6.07) is 15.0. The molecule has 0 spiro atoms. The average Bonchev–Trinajstić information content (AvgIpc) is 2.77. The highest BCUT2D eigenvalue weighted by Crippen LogP contribution is 2.21. The van der Waals surface area contributed by atoms with Gasteiger partial charge in [-0.3, -0.25) is 9.59 Å². The second-order valence-electron chi connectivity index (χ2n) is 8.05. The maximum Gasteiger partial charge on any atom is 0.260 e. The SMILES string of the molecule is Cc1ccc(C(=O)N(C)c2ccc(OCC(=O)N(C)C3CCN(C)CC3)cc2)cc1. The first-order chi connectivity index (χ1) is 14.3. The molecule has 6 heteroatoms. The summed E-state index contributed by atoms with van der Waals surface area (Å²) >= 11 is 0. The molecule has 0 atom stereocenters. The number of ether oxygens (including phenoxy) is 1. The van der Waals surface area contributed by atoms with Crippen LogP contribution in [-0.2, 0) is 4.79 Å². The Labute approximate surface area is 179 Å². The van der Waals surface area contributed by atoms with Gasteiger partial charge in [-0.15, -0.1) is 0 Å². The van der Waals surface area contributed by atoms with Crippen LogP contribution in [0.3, 0.4) is 0 Å². The minimum atomic E-state index is -0.0707. The van der Waals surface area contributed by atoms with Gasteiger partial charge < -0.3 is 19.4 Å². The number of piperidine rings is 1. The first-order valence-corrected chi connectivity index (χ1v) is 10.4. The smallest absolute Gasteiger partial charge is 0.260 e. The van der Waals surface area contributed by atoms with E-state index in [1.807, 2.05) is 55.3 Å². The van der Waals surface area contributed by atoms with Gasteiger partial charge in [0.1, 0.15) is 5.75 Å². The van der Waals surface area contributed by atoms with Crippen molar-refractivity contribution >= 4 is 17.5 Å². The second-order valence-corrected chi connectivity index (χ2v) is 8.05. The monoisotopic (exact) mass is 409 g/mol. The van der Waals surface area contributed by atoms with Crippen LogP contribution in [0.25, 0.3) is 0 Å². The molecule has 0 N–H and O–H groups in total. The molecular weight excluding hydrogens is 378 g/mol. The Kier molecular flexibility index (Phi) is 7.11. The molecular formula is C24H31N3O3. The maximum absolute atomic E-state index is 12.6. The summed E-state index contributed by atoms with van der Waals surface area (Å²) in [4.78, 5) is 30.8. The molecule has 6 nitrogen and oxygen atoms in total. The number of aryl methyl sites for hydroxylation is 1. The zero-order valence-electron chi connectivity index (χ0n) is 18.3. The molecule has 2 amide bonds. The van der Waals surface area contributed by atoms with Gasteiger partial charge >= 0.3 is 0 Å². The van der Waals surface area contributed by atoms with Crippen LogP contribution in [0.1, 0.15) is 28.8 Å². The number of anilines is 1. The molecule has 1 saturated heterocycles. The van der Waals surface area contributed by atoms with Gasteiger partial charge in [-0.05, 0) is 76.3 Å². The summed E-state index contributed by atoms with van der Waals surface area (Å²) in [5.74, 6) is 0.527. The molecule has 1 aliphatic rings. The largest absolute Gasteiger partial charge is 0.484 e. The lowest BCUT2D eigenvalue weighted by Crippen LogP contribution is -2.45. The quantitative estimate of drug-likeness (QED) is 0.735. The molecule has 0 radical (unpaired) electrons. The van der Waals surface area contributed by atoms with Crippen LogP contribution in [0.15, 0.2) is 48.5 Å². The van der Waals surface area contributed by atoms with E-state index in [9.17, 15) is 9.59 Å². The van der Waals surface area contributed by atoms with Crippen molar-refractivity contribution in [2.75, 3.05) is 45.7 Å². The van der Waals surface area contributed by atoms with Crippen LogP contribution < -0.4 is 9.64 Å². The molecule has 1 heterocycles. The van der Waals surface area contributed by atoms with Crippen LogP contribution in [0.4, 0.5) is 5.69 Å². The van der Waals surface area contributed by atoms with Crippen molar-refractivity contribution in [1.82, 2.24) is 9.80 Å². The predicted molar refractivity (Wildman–Crippen MR) is 119 cm³/mol. The van der Waals surface area contributed by atoms with Crippen LogP contribution in [0.5, 0.6) is 5.75 Å². The summed E-state index contributed by atoms with van der Waals surface area (Å²) in [5.41, 5.74) is 2.53. The number of likely N-dealkylation sites (N-methyl/N-ethyl adjacent to an activating group) is 1. The van der Waals surface area contributed by atoms with Gasteiger partial charge in [0, 0.05) is 31.4 Å². The highest BCUT2D eigenvalue weighted by Gasteiger charge is 2.24. The molecule has 2 aromatic carbocycles. The number of likely N-dealkylation sites (tertiary alicyclic amines) is 1.